The second-order valence-corrected chi connectivity index (χ2v) is 7.32. The summed E-state index contributed by atoms with van der Waals surface area (Å²) in [6, 6.07) is 6.32. The van der Waals surface area contributed by atoms with Crippen LogP contribution in [0, 0.1) is 0 Å². The van der Waals surface area contributed by atoms with Crippen LogP contribution in [0.15, 0.2) is 35.5 Å². The lowest BCUT2D eigenvalue weighted by atomic mass is 10.1. The Bertz CT molecular complexity index is 741. The molecule has 1 heterocycles. The molecule has 1 atom stereocenters. The average Bonchev–Trinajstić information content (AvgIpc) is 2.99. The summed E-state index contributed by atoms with van der Waals surface area (Å²) >= 11 is 0. The van der Waals surface area contributed by atoms with Gasteiger partial charge in [0, 0.05) is 19.2 Å². The fourth-order valence-corrected chi connectivity index (χ4v) is 2.72. The molecule has 1 N–H and O–H groups in total. The van der Waals surface area contributed by atoms with Crippen molar-refractivity contribution in [2.24, 2.45) is 0 Å². The molecule has 0 aliphatic rings. The summed E-state index contributed by atoms with van der Waals surface area (Å²) in [5.41, 5.74) is 0.853. The highest BCUT2D eigenvalue weighted by Crippen LogP contribution is 2.16. The molecule has 1 amide bonds. The lowest BCUT2D eigenvalue weighted by Crippen LogP contribution is -2.26. The monoisotopic (exact) mass is 337 g/mol. The van der Waals surface area contributed by atoms with Gasteiger partial charge in [-0.25, -0.2) is 13.1 Å². The van der Waals surface area contributed by atoms with Crippen molar-refractivity contribution in [1.29, 1.82) is 0 Å². The Kier molecular flexibility index (Phi) is 5.43. The maximum atomic E-state index is 11.9. The van der Waals surface area contributed by atoms with Gasteiger partial charge in [0.15, 0.2) is 9.84 Å². The third-order valence-corrected chi connectivity index (χ3v) is 4.50. The van der Waals surface area contributed by atoms with E-state index >= 15 is 0 Å². The van der Waals surface area contributed by atoms with Crippen LogP contribution in [0.25, 0.3) is 0 Å². The number of carbonyl (C=O) groups is 1. The molecule has 2 aromatic rings. The van der Waals surface area contributed by atoms with Crippen LogP contribution in [0.1, 0.15) is 31.4 Å². The van der Waals surface area contributed by atoms with Crippen LogP contribution in [-0.2, 0) is 21.2 Å². The molecule has 23 heavy (non-hydrogen) atoms. The molecule has 0 unspecified atom stereocenters. The summed E-state index contributed by atoms with van der Waals surface area (Å²) in [7, 11) is -3.21. The first-order valence-electron chi connectivity index (χ1n) is 7.16. The number of nitrogens with one attached hydrogen (secondary N) is 1. The van der Waals surface area contributed by atoms with Crippen LogP contribution in [0.3, 0.4) is 0 Å². The zero-order valence-electron chi connectivity index (χ0n) is 13.0. The molecule has 1 aromatic heterocycles. The van der Waals surface area contributed by atoms with Gasteiger partial charge in [-0.3, -0.25) is 4.79 Å². The van der Waals surface area contributed by atoms with E-state index in [0.717, 1.165) is 11.8 Å². The third-order valence-electron chi connectivity index (χ3n) is 3.37. The normalized spacial score (nSPS) is 12.8. The molecule has 8 nitrogen and oxygen atoms in total. The van der Waals surface area contributed by atoms with Crippen LogP contribution in [0.2, 0.25) is 0 Å². The minimum atomic E-state index is -3.21. The summed E-state index contributed by atoms with van der Waals surface area (Å²) in [6.45, 7) is 2.44. The van der Waals surface area contributed by atoms with Gasteiger partial charge in [0.2, 0.25) is 5.91 Å². The van der Waals surface area contributed by atoms with Crippen LogP contribution in [0.4, 0.5) is 0 Å². The molecule has 0 spiro atoms. The first-order chi connectivity index (χ1) is 10.9. The zero-order chi connectivity index (χ0) is 16.9. The van der Waals surface area contributed by atoms with Crippen molar-refractivity contribution in [1.82, 2.24) is 25.5 Å². The minimum Gasteiger partial charge on any atom is -0.350 e. The summed E-state index contributed by atoms with van der Waals surface area (Å²) in [5, 5.41) is 13.7. The summed E-state index contributed by atoms with van der Waals surface area (Å²) in [5.74, 6) is -0.0715. The van der Waals surface area contributed by atoms with Crippen molar-refractivity contribution >= 4 is 15.7 Å². The third kappa shape index (κ3) is 5.13. The standard InChI is InChI=1S/C14H19N5O3S/c1-11(12-5-7-13(8-6-12)23(2,21)22)16-14(20)4-3-9-19-10-15-17-18-19/h5-8,10-11H,3-4,9H2,1-2H3,(H,16,20)/t11-/m0/s1. The van der Waals surface area contributed by atoms with E-state index in [1.165, 1.54) is 6.33 Å². The van der Waals surface area contributed by atoms with Crippen LogP contribution >= 0.6 is 0 Å². The van der Waals surface area contributed by atoms with Gasteiger partial charge < -0.3 is 5.32 Å². The van der Waals surface area contributed by atoms with Crippen molar-refractivity contribution in [2.75, 3.05) is 6.26 Å². The van der Waals surface area contributed by atoms with E-state index in [9.17, 15) is 13.2 Å². The topological polar surface area (TPSA) is 107 Å². The predicted octanol–water partition coefficient (Wildman–Crippen LogP) is 0.734. The average molecular weight is 337 g/mol. The summed E-state index contributed by atoms with van der Waals surface area (Å²) < 4.78 is 24.4. The summed E-state index contributed by atoms with van der Waals surface area (Å²) in [6.07, 6.45) is 3.67. The number of sulfone groups is 1. The van der Waals surface area contributed by atoms with E-state index in [1.807, 2.05) is 6.92 Å². The highest BCUT2D eigenvalue weighted by Gasteiger charge is 2.11. The molecule has 0 fully saturated rings. The van der Waals surface area contributed by atoms with Crippen LogP contribution < -0.4 is 5.32 Å². The molecular weight excluding hydrogens is 318 g/mol. The number of hydrogen-bond acceptors (Lipinski definition) is 6. The first kappa shape index (κ1) is 17.1. The lowest BCUT2D eigenvalue weighted by molar-refractivity contribution is -0.121. The highest BCUT2D eigenvalue weighted by atomic mass is 32.2. The molecule has 0 saturated carbocycles. The second-order valence-electron chi connectivity index (χ2n) is 5.31. The Morgan fingerprint density at radius 1 is 1.30 bits per heavy atom. The van der Waals surface area contributed by atoms with E-state index < -0.39 is 9.84 Å². The van der Waals surface area contributed by atoms with E-state index in [1.54, 1.807) is 28.9 Å². The molecule has 0 bridgehead atoms. The van der Waals surface area contributed by atoms with Gasteiger partial charge in [0.25, 0.3) is 0 Å². The quantitative estimate of drug-likeness (QED) is 0.798. The van der Waals surface area contributed by atoms with Crippen molar-refractivity contribution in [3.05, 3.63) is 36.2 Å². The first-order valence-corrected chi connectivity index (χ1v) is 9.05. The molecule has 124 valence electrons. The van der Waals surface area contributed by atoms with Gasteiger partial charge in [-0.2, -0.15) is 0 Å². The van der Waals surface area contributed by atoms with Gasteiger partial charge in [-0.05, 0) is 41.5 Å². The molecule has 0 aliphatic heterocycles. The number of amides is 1. The van der Waals surface area contributed by atoms with Gasteiger partial charge in [-0.15, -0.1) is 5.10 Å². The number of hydrogen-bond donors (Lipinski definition) is 1. The number of carbonyl (C=O) groups excluding carboxylic acids is 1. The molecule has 0 radical (unpaired) electrons. The van der Waals surface area contributed by atoms with Gasteiger partial charge in [-0.1, -0.05) is 12.1 Å². The smallest absolute Gasteiger partial charge is 0.220 e. The fraction of sp³-hybridized carbons (Fsp3) is 0.429. The SMILES string of the molecule is C[C@H](NC(=O)CCCn1cnnn1)c1ccc(S(C)(=O)=O)cc1. The van der Waals surface area contributed by atoms with E-state index in [2.05, 4.69) is 20.8 Å². The largest absolute Gasteiger partial charge is 0.350 e. The predicted molar refractivity (Wildman–Crippen MR) is 83.2 cm³/mol. The Balaban J connectivity index is 1.83. The zero-order valence-corrected chi connectivity index (χ0v) is 13.8. The molecule has 9 heteroatoms. The Hall–Kier alpha value is -2.29. The van der Waals surface area contributed by atoms with Crippen molar-refractivity contribution < 1.29 is 13.2 Å². The lowest BCUT2D eigenvalue weighted by Gasteiger charge is -2.14. The number of tetrazole rings is 1. The van der Waals surface area contributed by atoms with Crippen molar-refractivity contribution in [2.45, 2.75) is 37.2 Å². The number of rotatable bonds is 7. The molecular formula is C14H19N5O3S. The number of aromatic nitrogens is 4. The Morgan fingerprint density at radius 2 is 2.00 bits per heavy atom. The van der Waals surface area contributed by atoms with Gasteiger partial charge >= 0.3 is 0 Å². The Labute approximate surface area is 134 Å². The van der Waals surface area contributed by atoms with Gasteiger partial charge in [0.05, 0.1) is 10.9 Å². The van der Waals surface area contributed by atoms with Crippen molar-refractivity contribution in [3.63, 3.8) is 0 Å². The van der Waals surface area contributed by atoms with Crippen molar-refractivity contribution in [3.8, 4) is 0 Å². The molecule has 1 aromatic carbocycles. The molecule has 0 saturated heterocycles. The number of benzene rings is 1. The molecule has 0 aliphatic carbocycles. The maximum Gasteiger partial charge on any atom is 0.220 e. The Morgan fingerprint density at radius 3 is 2.57 bits per heavy atom. The van der Waals surface area contributed by atoms with E-state index in [4.69, 9.17) is 0 Å². The van der Waals surface area contributed by atoms with E-state index in [0.29, 0.717) is 19.4 Å². The fourth-order valence-electron chi connectivity index (χ4n) is 2.09. The highest BCUT2D eigenvalue weighted by molar-refractivity contribution is 7.90. The van der Waals surface area contributed by atoms with E-state index in [-0.39, 0.29) is 16.8 Å². The van der Waals surface area contributed by atoms with Crippen LogP contribution in [-0.4, -0.2) is 40.8 Å². The van der Waals surface area contributed by atoms with Crippen LogP contribution in [0.5, 0.6) is 0 Å². The van der Waals surface area contributed by atoms with Gasteiger partial charge in [0.1, 0.15) is 6.33 Å². The minimum absolute atomic E-state index is 0.0715. The summed E-state index contributed by atoms with van der Waals surface area (Å²) in [4.78, 5) is 12.2. The number of aryl methyl sites for hydroxylation is 1. The second kappa shape index (κ2) is 7.32. The maximum absolute atomic E-state index is 11.9. The molecule has 2 rings (SSSR count). The number of nitrogens with zero attached hydrogens (tertiary/aromatic N) is 4.